The number of benzene rings is 3. The summed E-state index contributed by atoms with van der Waals surface area (Å²) in [7, 11) is -3.76. The molecule has 3 aromatic rings. The van der Waals surface area contributed by atoms with E-state index >= 15 is 0 Å². The van der Waals surface area contributed by atoms with Crippen LogP contribution in [-0.2, 0) is 9.84 Å². The Labute approximate surface area is 148 Å². The maximum absolute atomic E-state index is 12.9. The maximum atomic E-state index is 12.9. The molecule has 1 N–H and O–H groups in total. The average molecular weight is 405 g/mol. The average Bonchev–Trinajstić information content (AvgIpc) is 2.56. The van der Waals surface area contributed by atoms with E-state index in [1.54, 1.807) is 36.4 Å². The van der Waals surface area contributed by atoms with Crippen molar-refractivity contribution in [3.8, 4) is 17.2 Å². The molecule has 3 aromatic carbocycles. The minimum absolute atomic E-state index is 0.00706. The molecule has 6 heteroatoms. The lowest BCUT2D eigenvalue weighted by atomic mass is 10.3. The largest absolute Gasteiger partial charge is 0.508 e. The quantitative estimate of drug-likeness (QED) is 0.679. The van der Waals surface area contributed by atoms with Gasteiger partial charge in [0, 0.05) is 4.47 Å². The van der Waals surface area contributed by atoms with E-state index in [0.29, 0.717) is 5.75 Å². The number of aromatic hydroxyl groups is 1. The van der Waals surface area contributed by atoms with Crippen LogP contribution in [0.4, 0.5) is 0 Å². The number of hydrogen-bond donors (Lipinski definition) is 1. The van der Waals surface area contributed by atoms with Gasteiger partial charge in [0.15, 0.2) is 0 Å². The third-order valence-electron chi connectivity index (χ3n) is 3.31. The van der Waals surface area contributed by atoms with Gasteiger partial charge in [-0.1, -0.05) is 34.1 Å². The van der Waals surface area contributed by atoms with Gasteiger partial charge in [-0.15, -0.1) is 0 Å². The number of rotatable bonds is 4. The molecule has 0 aromatic heterocycles. The highest BCUT2D eigenvalue weighted by atomic mass is 79.9. The molecule has 0 amide bonds. The van der Waals surface area contributed by atoms with Crippen molar-refractivity contribution in [2.24, 2.45) is 0 Å². The molecule has 0 unspecified atom stereocenters. The van der Waals surface area contributed by atoms with Crippen molar-refractivity contribution in [3.05, 3.63) is 77.3 Å². The Hall–Kier alpha value is -2.31. The molecule has 24 heavy (non-hydrogen) atoms. The van der Waals surface area contributed by atoms with Crippen LogP contribution in [0.2, 0.25) is 0 Å². The van der Waals surface area contributed by atoms with Crippen LogP contribution in [0.1, 0.15) is 0 Å². The summed E-state index contributed by atoms with van der Waals surface area (Å²) in [6.45, 7) is 0. The summed E-state index contributed by atoms with van der Waals surface area (Å²) < 4.78 is 32.3. The second-order valence-corrected chi connectivity index (χ2v) is 7.84. The Morgan fingerprint density at radius 2 is 1.58 bits per heavy atom. The van der Waals surface area contributed by atoms with Crippen LogP contribution < -0.4 is 4.74 Å². The van der Waals surface area contributed by atoms with Gasteiger partial charge in [0.25, 0.3) is 0 Å². The predicted octanol–water partition coefficient (Wildman–Crippen LogP) is 4.78. The minimum atomic E-state index is -3.76. The molecule has 0 atom stereocenters. The van der Waals surface area contributed by atoms with Gasteiger partial charge in [-0.3, -0.25) is 0 Å². The lowest BCUT2D eigenvalue weighted by molar-refractivity contribution is 0.467. The number of hydrogen-bond acceptors (Lipinski definition) is 4. The first-order valence-corrected chi connectivity index (χ1v) is 9.31. The maximum Gasteiger partial charge on any atom is 0.210 e. The monoisotopic (exact) mass is 404 g/mol. The lowest BCUT2D eigenvalue weighted by Crippen LogP contribution is -2.03. The van der Waals surface area contributed by atoms with Crippen molar-refractivity contribution < 1.29 is 18.3 Å². The Bertz CT molecular complexity index is 966. The number of halogens is 1. The molecule has 4 nitrogen and oxygen atoms in total. The standard InChI is InChI=1S/C18H13BrO4S/c19-13-4-3-5-15(12-13)23-17-6-1-2-7-18(17)24(21,22)16-10-8-14(20)9-11-16/h1-12,20H. The first-order chi connectivity index (χ1) is 11.5. The summed E-state index contributed by atoms with van der Waals surface area (Å²) in [6.07, 6.45) is 0. The van der Waals surface area contributed by atoms with E-state index in [1.165, 1.54) is 30.3 Å². The summed E-state index contributed by atoms with van der Waals surface area (Å²) >= 11 is 3.36. The first kappa shape index (κ1) is 16.5. The van der Waals surface area contributed by atoms with Crippen LogP contribution >= 0.6 is 15.9 Å². The molecule has 0 saturated carbocycles. The Morgan fingerprint density at radius 3 is 2.29 bits per heavy atom. The Morgan fingerprint density at radius 1 is 0.875 bits per heavy atom. The van der Waals surface area contributed by atoms with Gasteiger partial charge in [0.05, 0.1) is 4.90 Å². The van der Waals surface area contributed by atoms with Crippen LogP contribution in [-0.4, -0.2) is 13.5 Å². The van der Waals surface area contributed by atoms with Crippen LogP contribution in [0.3, 0.4) is 0 Å². The molecule has 0 aliphatic heterocycles. The van der Waals surface area contributed by atoms with E-state index in [0.717, 1.165) is 4.47 Å². The van der Waals surface area contributed by atoms with Gasteiger partial charge in [-0.2, -0.15) is 0 Å². The van der Waals surface area contributed by atoms with Gasteiger partial charge < -0.3 is 9.84 Å². The molecule has 122 valence electrons. The van der Waals surface area contributed by atoms with Gasteiger partial charge in [-0.05, 0) is 54.6 Å². The Kier molecular flexibility index (Phi) is 4.59. The molecule has 0 heterocycles. The van der Waals surface area contributed by atoms with Crippen molar-refractivity contribution in [1.82, 2.24) is 0 Å². The summed E-state index contributed by atoms with van der Waals surface area (Å²) in [6, 6.07) is 19.0. The van der Waals surface area contributed by atoms with E-state index in [2.05, 4.69) is 15.9 Å². The highest BCUT2D eigenvalue weighted by molar-refractivity contribution is 9.10. The summed E-state index contributed by atoms with van der Waals surface area (Å²) in [5, 5.41) is 9.34. The molecular formula is C18H13BrO4S. The fraction of sp³-hybridized carbons (Fsp3) is 0. The zero-order chi connectivity index (χ0) is 17.2. The smallest absolute Gasteiger partial charge is 0.210 e. The van der Waals surface area contributed by atoms with E-state index in [1.807, 2.05) is 6.07 Å². The number of para-hydroxylation sites is 1. The SMILES string of the molecule is O=S(=O)(c1ccc(O)cc1)c1ccccc1Oc1cccc(Br)c1. The highest BCUT2D eigenvalue weighted by Crippen LogP contribution is 2.33. The summed E-state index contributed by atoms with van der Waals surface area (Å²) in [4.78, 5) is 0.154. The highest BCUT2D eigenvalue weighted by Gasteiger charge is 2.22. The van der Waals surface area contributed by atoms with Crippen molar-refractivity contribution in [3.63, 3.8) is 0 Å². The van der Waals surface area contributed by atoms with Crippen molar-refractivity contribution >= 4 is 25.8 Å². The topological polar surface area (TPSA) is 63.6 Å². The Balaban J connectivity index is 2.04. The zero-order valence-corrected chi connectivity index (χ0v) is 14.8. The number of sulfone groups is 1. The van der Waals surface area contributed by atoms with Crippen molar-refractivity contribution in [2.45, 2.75) is 9.79 Å². The van der Waals surface area contributed by atoms with E-state index < -0.39 is 9.84 Å². The fourth-order valence-corrected chi connectivity index (χ4v) is 3.93. The van der Waals surface area contributed by atoms with Crippen LogP contribution in [0.25, 0.3) is 0 Å². The molecular weight excluding hydrogens is 392 g/mol. The zero-order valence-electron chi connectivity index (χ0n) is 12.4. The van der Waals surface area contributed by atoms with Gasteiger partial charge in [-0.25, -0.2) is 8.42 Å². The third kappa shape index (κ3) is 3.44. The number of phenolic OH excluding ortho intramolecular Hbond substituents is 1. The molecule has 0 radical (unpaired) electrons. The second kappa shape index (κ2) is 6.67. The van der Waals surface area contributed by atoms with E-state index in [9.17, 15) is 13.5 Å². The van der Waals surface area contributed by atoms with E-state index in [-0.39, 0.29) is 21.3 Å². The molecule has 0 aliphatic rings. The number of ether oxygens (including phenoxy) is 1. The van der Waals surface area contributed by atoms with Crippen molar-refractivity contribution in [1.29, 1.82) is 0 Å². The normalized spacial score (nSPS) is 11.2. The van der Waals surface area contributed by atoms with E-state index in [4.69, 9.17) is 4.74 Å². The third-order valence-corrected chi connectivity index (χ3v) is 5.61. The van der Waals surface area contributed by atoms with Crippen LogP contribution in [0.5, 0.6) is 17.2 Å². The van der Waals surface area contributed by atoms with Crippen molar-refractivity contribution in [2.75, 3.05) is 0 Å². The second-order valence-electron chi connectivity index (χ2n) is 5.00. The summed E-state index contributed by atoms with van der Waals surface area (Å²) in [5.41, 5.74) is 0. The molecule has 0 saturated heterocycles. The molecule has 3 rings (SSSR count). The van der Waals surface area contributed by atoms with Crippen LogP contribution in [0, 0.1) is 0 Å². The number of phenols is 1. The summed E-state index contributed by atoms with van der Waals surface area (Å²) in [5.74, 6) is 0.772. The first-order valence-electron chi connectivity index (χ1n) is 7.03. The molecule has 0 fully saturated rings. The van der Waals surface area contributed by atoms with Gasteiger partial charge in [0.2, 0.25) is 9.84 Å². The lowest BCUT2D eigenvalue weighted by Gasteiger charge is -2.12. The molecule has 0 aliphatic carbocycles. The minimum Gasteiger partial charge on any atom is -0.508 e. The molecule has 0 spiro atoms. The van der Waals surface area contributed by atoms with Crippen LogP contribution in [0.15, 0.2) is 87.1 Å². The fourth-order valence-electron chi connectivity index (χ4n) is 2.17. The van der Waals surface area contributed by atoms with Gasteiger partial charge >= 0.3 is 0 Å². The predicted molar refractivity (Wildman–Crippen MR) is 94.2 cm³/mol. The molecule has 0 bridgehead atoms. The van der Waals surface area contributed by atoms with Gasteiger partial charge in [0.1, 0.15) is 22.1 Å².